The normalized spacial score (nSPS) is 15.0. The maximum absolute atomic E-state index is 13.3. The van der Waals surface area contributed by atoms with Crippen LogP contribution < -0.4 is 0 Å². The van der Waals surface area contributed by atoms with Crippen LogP contribution in [0.2, 0.25) is 0 Å². The number of unbranched alkanes of at least 4 members (excludes halogenated alkanes) is 1. The Labute approximate surface area is 198 Å². The summed E-state index contributed by atoms with van der Waals surface area (Å²) in [6, 6.07) is 7.09. The quantitative estimate of drug-likeness (QED) is 0.373. The van der Waals surface area contributed by atoms with Crippen molar-refractivity contribution in [3.63, 3.8) is 0 Å². The molecule has 0 aliphatic heterocycles. The smallest absolute Gasteiger partial charge is 0.325 e. The van der Waals surface area contributed by atoms with Gasteiger partial charge in [-0.15, -0.1) is 11.3 Å². The van der Waals surface area contributed by atoms with Gasteiger partial charge in [0.2, 0.25) is 5.91 Å². The number of carboxylic acid groups (broad SMARTS) is 1. The van der Waals surface area contributed by atoms with Gasteiger partial charge in [0.25, 0.3) is 0 Å². The highest BCUT2D eigenvalue weighted by Crippen LogP contribution is 2.36. The number of amides is 1. The number of aryl methyl sites for hydroxylation is 1. The molecule has 0 saturated carbocycles. The van der Waals surface area contributed by atoms with Gasteiger partial charge in [0.05, 0.1) is 13.0 Å². The lowest BCUT2D eigenvalue weighted by Gasteiger charge is -2.28. The van der Waals surface area contributed by atoms with Crippen molar-refractivity contribution < 1.29 is 29.3 Å². The molecule has 1 atom stereocenters. The van der Waals surface area contributed by atoms with Crippen LogP contribution in [-0.2, 0) is 38.5 Å². The fourth-order valence-electron chi connectivity index (χ4n) is 4.19. The zero-order valence-electron chi connectivity index (χ0n) is 18.9. The Morgan fingerprint density at radius 2 is 2.06 bits per heavy atom. The van der Waals surface area contributed by atoms with Crippen molar-refractivity contribution in [3.8, 4) is 5.75 Å². The Bertz CT molecular complexity index is 985. The van der Waals surface area contributed by atoms with Crippen LogP contribution in [0.5, 0.6) is 5.75 Å². The molecule has 1 unspecified atom stereocenters. The predicted molar refractivity (Wildman–Crippen MR) is 125 cm³/mol. The van der Waals surface area contributed by atoms with E-state index >= 15 is 0 Å². The average molecular weight is 474 g/mol. The number of hydrogen-bond acceptors (Lipinski definition) is 6. The lowest BCUT2D eigenvalue weighted by Crippen LogP contribution is -2.37. The monoisotopic (exact) mass is 473 g/mol. The number of esters is 1. The number of carbonyl (C=O) groups excluding carboxylic acids is 2. The molecule has 2 N–H and O–H groups in total. The summed E-state index contributed by atoms with van der Waals surface area (Å²) in [5.74, 6) is -1.22. The highest BCUT2D eigenvalue weighted by Gasteiger charge is 2.27. The van der Waals surface area contributed by atoms with Gasteiger partial charge in [0.15, 0.2) is 0 Å². The average Bonchev–Trinajstić information content (AvgIpc) is 3.19. The number of carbonyl (C=O) groups is 3. The molecule has 1 heterocycles. The van der Waals surface area contributed by atoms with Crippen LogP contribution >= 0.6 is 11.3 Å². The minimum atomic E-state index is -0.905. The second-order valence-corrected chi connectivity index (χ2v) is 9.49. The summed E-state index contributed by atoms with van der Waals surface area (Å²) in [6.45, 7) is 2.43. The lowest BCUT2D eigenvalue weighted by atomic mass is 9.80. The Balaban J connectivity index is 1.72. The summed E-state index contributed by atoms with van der Waals surface area (Å²) in [6.07, 6.45) is 4.58. The third kappa shape index (κ3) is 7.32. The summed E-state index contributed by atoms with van der Waals surface area (Å²) in [7, 11) is 0. The number of phenols is 1. The van der Waals surface area contributed by atoms with E-state index in [1.807, 2.05) is 18.4 Å². The number of ether oxygens (including phenoxy) is 1. The standard InChI is InChI=1S/C25H31NO6S/c1-2-3-9-32-25(31)15-26(14-17-10-21(33-16-17)13-24(29)30)23(28)12-19-6-4-5-18-11-20(27)7-8-22(18)19/h7-8,10-11,16,19,27H,2-6,9,12-15H2,1H3,(H,29,30). The van der Waals surface area contributed by atoms with E-state index in [2.05, 4.69) is 0 Å². The van der Waals surface area contributed by atoms with Crippen molar-refractivity contribution in [2.24, 2.45) is 0 Å². The van der Waals surface area contributed by atoms with E-state index in [-0.39, 0.29) is 43.5 Å². The van der Waals surface area contributed by atoms with Crippen LogP contribution in [0.25, 0.3) is 0 Å². The number of nitrogens with zero attached hydrogens (tertiary/aromatic N) is 1. The number of thiophene rings is 1. The van der Waals surface area contributed by atoms with Gasteiger partial charge in [-0.2, -0.15) is 0 Å². The molecular weight excluding hydrogens is 442 g/mol. The lowest BCUT2D eigenvalue weighted by molar-refractivity contribution is -0.150. The van der Waals surface area contributed by atoms with Crippen LogP contribution in [-0.4, -0.2) is 46.1 Å². The fraction of sp³-hybridized carbons (Fsp3) is 0.480. The molecule has 178 valence electrons. The van der Waals surface area contributed by atoms with Gasteiger partial charge in [-0.05, 0) is 71.9 Å². The van der Waals surface area contributed by atoms with Gasteiger partial charge in [-0.3, -0.25) is 14.4 Å². The van der Waals surface area contributed by atoms with Crippen LogP contribution in [0, 0.1) is 0 Å². The first-order valence-corrected chi connectivity index (χ1v) is 12.3. The number of aliphatic carboxylic acids is 1. The molecule has 1 aliphatic rings. The van der Waals surface area contributed by atoms with Crippen LogP contribution in [0.1, 0.15) is 66.5 Å². The Morgan fingerprint density at radius 3 is 2.82 bits per heavy atom. The number of benzene rings is 1. The third-order valence-electron chi connectivity index (χ3n) is 5.83. The molecular formula is C25H31NO6S. The van der Waals surface area contributed by atoms with Gasteiger partial charge < -0.3 is 19.8 Å². The van der Waals surface area contributed by atoms with Gasteiger partial charge in [0.1, 0.15) is 12.3 Å². The molecule has 1 aliphatic carbocycles. The maximum atomic E-state index is 13.3. The molecule has 0 radical (unpaired) electrons. The van der Waals surface area contributed by atoms with E-state index in [1.165, 1.54) is 16.2 Å². The first-order valence-electron chi connectivity index (χ1n) is 11.4. The van der Waals surface area contributed by atoms with Crippen LogP contribution in [0.3, 0.4) is 0 Å². The number of hydrogen-bond donors (Lipinski definition) is 2. The molecule has 3 rings (SSSR count). The molecule has 0 bridgehead atoms. The SMILES string of the molecule is CCCCOC(=O)CN(Cc1csc(CC(=O)O)c1)C(=O)CC1CCCc2cc(O)ccc21. The van der Waals surface area contributed by atoms with Crippen molar-refractivity contribution in [3.05, 3.63) is 51.2 Å². The maximum Gasteiger partial charge on any atom is 0.325 e. The number of phenolic OH excluding ortho intramolecular Hbond substituents is 1. The molecule has 1 aromatic heterocycles. The Kier molecular flexibility index (Phi) is 8.88. The van der Waals surface area contributed by atoms with E-state index in [1.54, 1.807) is 18.2 Å². The first-order chi connectivity index (χ1) is 15.9. The number of rotatable bonds is 11. The van der Waals surface area contributed by atoms with Gasteiger partial charge in [0, 0.05) is 17.8 Å². The Morgan fingerprint density at radius 1 is 1.24 bits per heavy atom. The molecule has 0 spiro atoms. The van der Waals surface area contributed by atoms with E-state index in [0.717, 1.165) is 48.8 Å². The largest absolute Gasteiger partial charge is 0.508 e. The van der Waals surface area contributed by atoms with E-state index in [9.17, 15) is 19.5 Å². The van der Waals surface area contributed by atoms with Crippen molar-refractivity contribution in [2.75, 3.05) is 13.2 Å². The molecule has 33 heavy (non-hydrogen) atoms. The van der Waals surface area contributed by atoms with Crippen molar-refractivity contribution in [2.45, 2.75) is 64.3 Å². The van der Waals surface area contributed by atoms with Gasteiger partial charge in [-0.1, -0.05) is 19.4 Å². The second kappa shape index (κ2) is 11.8. The van der Waals surface area contributed by atoms with Crippen molar-refractivity contribution >= 4 is 29.2 Å². The van der Waals surface area contributed by atoms with Gasteiger partial charge >= 0.3 is 11.9 Å². The zero-order chi connectivity index (χ0) is 23.8. The molecule has 1 aromatic carbocycles. The zero-order valence-corrected chi connectivity index (χ0v) is 19.7. The molecule has 1 amide bonds. The molecule has 7 nitrogen and oxygen atoms in total. The minimum absolute atomic E-state index is 0.0329. The van der Waals surface area contributed by atoms with Crippen LogP contribution in [0.4, 0.5) is 0 Å². The first kappa shape index (κ1) is 24.8. The summed E-state index contributed by atoms with van der Waals surface area (Å²) in [5.41, 5.74) is 2.96. The fourth-order valence-corrected chi connectivity index (χ4v) is 5.06. The highest BCUT2D eigenvalue weighted by atomic mass is 32.1. The van der Waals surface area contributed by atoms with E-state index in [0.29, 0.717) is 11.5 Å². The molecule has 0 saturated heterocycles. The van der Waals surface area contributed by atoms with Crippen molar-refractivity contribution in [1.29, 1.82) is 0 Å². The van der Waals surface area contributed by atoms with Crippen molar-refractivity contribution in [1.82, 2.24) is 4.90 Å². The van der Waals surface area contributed by atoms with E-state index < -0.39 is 11.9 Å². The predicted octanol–water partition coefficient (Wildman–Crippen LogP) is 4.26. The topological polar surface area (TPSA) is 104 Å². The van der Waals surface area contributed by atoms with E-state index in [4.69, 9.17) is 9.84 Å². The molecule has 0 fully saturated rings. The van der Waals surface area contributed by atoms with Crippen LogP contribution in [0.15, 0.2) is 29.6 Å². The summed E-state index contributed by atoms with van der Waals surface area (Å²) in [4.78, 5) is 38.9. The summed E-state index contributed by atoms with van der Waals surface area (Å²) in [5, 5.41) is 20.6. The molecule has 2 aromatic rings. The molecule has 8 heteroatoms. The Hall–Kier alpha value is -2.87. The minimum Gasteiger partial charge on any atom is -0.508 e. The van der Waals surface area contributed by atoms with Gasteiger partial charge in [-0.25, -0.2) is 0 Å². The number of carboxylic acids is 1. The summed E-state index contributed by atoms with van der Waals surface area (Å²) < 4.78 is 5.28. The number of aromatic hydroxyl groups is 1. The number of fused-ring (bicyclic) bond motifs is 1. The third-order valence-corrected chi connectivity index (χ3v) is 6.81. The summed E-state index contributed by atoms with van der Waals surface area (Å²) >= 11 is 1.34. The highest BCUT2D eigenvalue weighted by molar-refractivity contribution is 7.10. The second-order valence-electron chi connectivity index (χ2n) is 8.49.